The second-order valence-electron chi connectivity index (χ2n) is 6.46. The molecule has 4 rings (SSSR count). The predicted octanol–water partition coefficient (Wildman–Crippen LogP) is 2.03. The van der Waals surface area contributed by atoms with Gasteiger partial charge in [-0.1, -0.05) is 36.4 Å². The Morgan fingerprint density at radius 3 is 2.62 bits per heavy atom. The van der Waals surface area contributed by atoms with E-state index in [0.29, 0.717) is 30.9 Å². The normalized spacial score (nSPS) is 19.3. The summed E-state index contributed by atoms with van der Waals surface area (Å²) < 4.78 is 5.93. The van der Waals surface area contributed by atoms with Crippen LogP contribution in [0.15, 0.2) is 48.5 Å². The smallest absolute Gasteiger partial charge is 0.255 e. The molecule has 2 aromatic carbocycles. The Bertz CT molecular complexity index is 879. The molecule has 0 saturated carbocycles. The summed E-state index contributed by atoms with van der Waals surface area (Å²) in [5, 5.41) is 2.31. The molecule has 0 bridgehead atoms. The van der Waals surface area contributed by atoms with Crippen LogP contribution in [0.4, 0.5) is 0 Å². The van der Waals surface area contributed by atoms with E-state index < -0.39 is 11.9 Å². The van der Waals surface area contributed by atoms with Crippen molar-refractivity contribution in [2.45, 2.75) is 32.0 Å². The van der Waals surface area contributed by atoms with Crippen LogP contribution < -0.4 is 10.1 Å². The molecule has 3 amide bonds. The Morgan fingerprint density at radius 1 is 1.04 bits per heavy atom. The molecule has 2 aromatic rings. The summed E-state index contributed by atoms with van der Waals surface area (Å²) >= 11 is 0. The van der Waals surface area contributed by atoms with Gasteiger partial charge >= 0.3 is 0 Å². The third-order valence-electron chi connectivity index (χ3n) is 4.78. The molecule has 0 spiro atoms. The third kappa shape index (κ3) is 2.94. The first-order valence-electron chi connectivity index (χ1n) is 8.57. The molecule has 1 fully saturated rings. The van der Waals surface area contributed by atoms with Crippen LogP contribution >= 0.6 is 0 Å². The van der Waals surface area contributed by atoms with E-state index in [2.05, 4.69) is 5.32 Å². The van der Waals surface area contributed by atoms with Gasteiger partial charge in [0.2, 0.25) is 11.8 Å². The van der Waals surface area contributed by atoms with E-state index in [-0.39, 0.29) is 18.2 Å². The Kier molecular flexibility index (Phi) is 4.16. The minimum Gasteiger partial charge on any atom is -0.489 e. The third-order valence-corrected chi connectivity index (χ3v) is 4.78. The fraction of sp³-hybridized carbons (Fsp3) is 0.250. The first kappa shape index (κ1) is 16.3. The van der Waals surface area contributed by atoms with E-state index in [1.54, 1.807) is 12.1 Å². The average Bonchev–Trinajstić information content (AvgIpc) is 2.98. The summed E-state index contributed by atoms with van der Waals surface area (Å²) in [6, 6.07) is 14.5. The second-order valence-corrected chi connectivity index (χ2v) is 6.46. The van der Waals surface area contributed by atoms with Gasteiger partial charge in [0.15, 0.2) is 0 Å². The van der Waals surface area contributed by atoms with Gasteiger partial charge in [-0.15, -0.1) is 0 Å². The first-order valence-corrected chi connectivity index (χ1v) is 8.57. The number of imide groups is 1. The number of nitrogens with zero attached hydrogens (tertiary/aromatic N) is 1. The number of ether oxygens (including phenoxy) is 1. The number of benzene rings is 2. The lowest BCUT2D eigenvalue weighted by atomic mass is 10.0. The van der Waals surface area contributed by atoms with Gasteiger partial charge in [0, 0.05) is 17.5 Å². The Hall–Kier alpha value is -3.15. The van der Waals surface area contributed by atoms with E-state index in [9.17, 15) is 14.4 Å². The Balaban J connectivity index is 1.54. The maximum absolute atomic E-state index is 12.8. The summed E-state index contributed by atoms with van der Waals surface area (Å²) in [7, 11) is 0. The average molecular weight is 350 g/mol. The van der Waals surface area contributed by atoms with Crippen molar-refractivity contribution >= 4 is 17.7 Å². The van der Waals surface area contributed by atoms with Gasteiger partial charge < -0.3 is 9.64 Å². The van der Waals surface area contributed by atoms with Crippen LogP contribution in [0.3, 0.4) is 0 Å². The zero-order chi connectivity index (χ0) is 18.1. The summed E-state index contributed by atoms with van der Waals surface area (Å²) in [6.45, 7) is 0.718. The van der Waals surface area contributed by atoms with Crippen molar-refractivity contribution < 1.29 is 19.1 Å². The number of hydrogen-bond acceptors (Lipinski definition) is 4. The summed E-state index contributed by atoms with van der Waals surface area (Å²) in [5.74, 6) is -0.245. The summed E-state index contributed by atoms with van der Waals surface area (Å²) in [6.07, 6.45) is 0.596. The molecule has 0 aliphatic carbocycles. The number of fused-ring (bicyclic) bond motifs is 1. The number of nitrogens with one attached hydrogen (secondary N) is 1. The molecular formula is C20H18N2O4. The topological polar surface area (TPSA) is 75.7 Å². The maximum atomic E-state index is 12.8. The van der Waals surface area contributed by atoms with Crippen molar-refractivity contribution in [2.75, 3.05) is 0 Å². The van der Waals surface area contributed by atoms with E-state index in [0.717, 1.165) is 11.1 Å². The minimum absolute atomic E-state index is 0.195. The van der Waals surface area contributed by atoms with E-state index in [1.807, 2.05) is 36.4 Å². The van der Waals surface area contributed by atoms with Crippen molar-refractivity contribution in [3.63, 3.8) is 0 Å². The van der Waals surface area contributed by atoms with Crippen LogP contribution in [0.25, 0.3) is 0 Å². The van der Waals surface area contributed by atoms with E-state index in [1.165, 1.54) is 4.90 Å². The van der Waals surface area contributed by atoms with Gasteiger partial charge in [0.05, 0.1) is 6.54 Å². The summed E-state index contributed by atoms with van der Waals surface area (Å²) in [4.78, 5) is 37.8. The lowest BCUT2D eigenvalue weighted by Gasteiger charge is -2.29. The SMILES string of the molecule is O=C1CCC(N2Cc3c(OCc4ccccc4)cccc3C2=O)C(=O)N1. The molecule has 1 saturated heterocycles. The minimum atomic E-state index is -0.616. The number of hydrogen-bond donors (Lipinski definition) is 1. The molecule has 0 aromatic heterocycles. The second kappa shape index (κ2) is 6.63. The van der Waals surface area contributed by atoms with E-state index in [4.69, 9.17) is 4.74 Å². The molecule has 2 aliphatic heterocycles. The highest BCUT2D eigenvalue weighted by atomic mass is 16.5. The van der Waals surface area contributed by atoms with Gasteiger partial charge in [-0.2, -0.15) is 0 Å². The van der Waals surface area contributed by atoms with Crippen molar-refractivity contribution in [2.24, 2.45) is 0 Å². The highest BCUT2D eigenvalue weighted by Crippen LogP contribution is 2.33. The van der Waals surface area contributed by atoms with Crippen LogP contribution in [0.2, 0.25) is 0 Å². The van der Waals surface area contributed by atoms with Crippen molar-refractivity contribution in [1.82, 2.24) is 10.2 Å². The maximum Gasteiger partial charge on any atom is 0.255 e. The molecule has 1 atom stereocenters. The lowest BCUT2D eigenvalue weighted by molar-refractivity contribution is -0.136. The molecule has 26 heavy (non-hydrogen) atoms. The number of amides is 3. The standard InChI is InChI=1S/C20H18N2O4/c23-18-10-9-16(19(24)21-18)22-11-15-14(20(22)25)7-4-8-17(15)26-12-13-5-2-1-3-6-13/h1-8,16H,9-12H2,(H,21,23,24). The molecular weight excluding hydrogens is 332 g/mol. The van der Waals surface area contributed by atoms with Crippen LogP contribution in [0.5, 0.6) is 5.75 Å². The quantitative estimate of drug-likeness (QED) is 0.856. The molecule has 2 heterocycles. The Morgan fingerprint density at radius 2 is 1.85 bits per heavy atom. The molecule has 2 aliphatic rings. The van der Waals surface area contributed by atoms with Crippen molar-refractivity contribution in [3.8, 4) is 5.75 Å². The Labute approximate surface area is 150 Å². The summed E-state index contributed by atoms with van der Waals surface area (Å²) in [5.41, 5.74) is 2.38. The van der Waals surface area contributed by atoms with Crippen molar-refractivity contribution in [1.29, 1.82) is 0 Å². The van der Waals surface area contributed by atoms with Crippen LogP contribution in [-0.4, -0.2) is 28.7 Å². The zero-order valence-electron chi connectivity index (χ0n) is 14.1. The first-order chi connectivity index (χ1) is 12.6. The largest absolute Gasteiger partial charge is 0.489 e. The van der Waals surface area contributed by atoms with Crippen molar-refractivity contribution in [3.05, 3.63) is 65.2 Å². The molecule has 6 nitrogen and oxygen atoms in total. The molecule has 1 unspecified atom stereocenters. The van der Waals surface area contributed by atoms with Crippen LogP contribution in [0, 0.1) is 0 Å². The molecule has 1 N–H and O–H groups in total. The lowest BCUT2D eigenvalue weighted by Crippen LogP contribution is -2.52. The van der Waals surface area contributed by atoms with Gasteiger partial charge in [-0.25, -0.2) is 0 Å². The predicted molar refractivity (Wildman–Crippen MR) is 93.3 cm³/mol. The highest BCUT2D eigenvalue weighted by Gasteiger charge is 2.40. The number of rotatable bonds is 4. The van der Waals surface area contributed by atoms with Crippen LogP contribution in [-0.2, 0) is 22.7 Å². The fourth-order valence-corrected chi connectivity index (χ4v) is 3.43. The van der Waals surface area contributed by atoms with Crippen LogP contribution in [0.1, 0.15) is 34.3 Å². The number of carbonyl (C=O) groups excluding carboxylic acids is 3. The number of carbonyl (C=O) groups is 3. The van der Waals surface area contributed by atoms with Gasteiger partial charge in [-0.3, -0.25) is 19.7 Å². The molecule has 0 radical (unpaired) electrons. The molecule has 132 valence electrons. The zero-order valence-corrected chi connectivity index (χ0v) is 14.1. The number of piperidine rings is 1. The molecule has 6 heteroatoms. The fourth-order valence-electron chi connectivity index (χ4n) is 3.43. The van der Waals surface area contributed by atoms with Gasteiger partial charge in [0.25, 0.3) is 5.91 Å². The van der Waals surface area contributed by atoms with E-state index >= 15 is 0 Å². The van der Waals surface area contributed by atoms with Gasteiger partial charge in [-0.05, 0) is 24.1 Å². The van der Waals surface area contributed by atoms with Gasteiger partial charge in [0.1, 0.15) is 18.4 Å². The highest BCUT2D eigenvalue weighted by molar-refractivity contribution is 6.05. The monoisotopic (exact) mass is 350 g/mol.